The highest BCUT2D eigenvalue weighted by atomic mass is 32.2. The van der Waals surface area contributed by atoms with Crippen LogP contribution in [0.4, 0.5) is 0 Å². The molecule has 3 rings (SSSR count). The predicted octanol–water partition coefficient (Wildman–Crippen LogP) is 2.88. The molecule has 148 valence electrons. The number of aliphatic imine (C=N–C) groups is 2. The Morgan fingerprint density at radius 3 is 2.43 bits per heavy atom. The number of carbonyl (C=O) groups excluding carboxylic acids is 1. The molecule has 0 fully saturated rings. The molecule has 8 heteroatoms. The summed E-state index contributed by atoms with van der Waals surface area (Å²) in [5.74, 6) is -0.152. The van der Waals surface area contributed by atoms with Crippen molar-refractivity contribution in [1.29, 1.82) is 0 Å². The number of thiophene rings is 1. The van der Waals surface area contributed by atoms with Crippen LogP contribution in [-0.4, -0.2) is 44.1 Å². The standard InChI is InChI=1S/C20H23N3O3S2/c1-4-17-20(21-12-15-6-5-11-27-15)23-19(18(22-17)13(2)24)14-7-9-16(10-8-14)28(3,25)26/h5-11,17,20-21H,4,12H2,1-3H3. The van der Waals surface area contributed by atoms with Crippen molar-refractivity contribution >= 4 is 38.4 Å². The number of nitrogens with zero attached hydrogens (tertiary/aromatic N) is 2. The molecule has 1 aliphatic heterocycles. The van der Waals surface area contributed by atoms with Crippen LogP contribution in [0.5, 0.6) is 0 Å². The molecule has 2 unspecified atom stereocenters. The summed E-state index contributed by atoms with van der Waals surface area (Å²) in [5.41, 5.74) is 1.52. The van der Waals surface area contributed by atoms with Crippen molar-refractivity contribution in [3.8, 4) is 0 Å². The highest BCUT2D eigenvalue weighted by molar-refractivity contribution is 7.90. The van der Waals surface area contributed by atoms with Gasteiger partial charge in [-0.25, -0.2) is 8.42 Å². The van der Waals surface area contributed by atoms with Crippen LogP contribution in [0, 0.1) is 0 Å². The molecule has 6 nitrogen and oxygen atoms in total. The van der Waals surface area contributed by atoms with Crippen molar-refractivity contribution in [1.82, 2.24) is 5.32 Å². The highest BCUT2D eigenvalue weighted by Crippen LogP contribution is 2.19. The molecule has 0 radical (unpaired) electrons. The van der Waals surface area contributed by atoms with Crippen molar-refractivity contribution in [2.24, 2.45) is 9.98 Å². The Bertz CT molecular complexity index is 1010. The van der Waals surface area contributed by atoms with Gasteiger partial charge in [0.2, 0.25) is 0 Å². The maximum absolute atomic E-state index is 12.2. The largest absolute Gasteiger partial charge is 0.293 e. The summed E-state index contributed by atoms with van der Waals surface area (Å²) in [6.07, 6.45) is 1.67. The molecule has 2 aromatic rings. The van der Waals surface area contributed by atoms with Gasteiger partial charge in [0.05, 0.1) is 16.6 Å². The smallest absolute Gasteiger partial charge is 0.179 e. The fraction of sp³-hybridized carbons (Fsp3) is 0.350. The van der Waals surface area contributed by atoms with Gasteiger partial charge in [-0.2, -0.15) is 0 Å². The van der Waals surface area contributed by atoms with E-state index in [2.05, 4.69) is 16.4 Å². The molecular weight excluding hydrogens is 394 g/mol. The SMILES string of the molecule is CCC1N=C(C(C)=O)C(c2ccc(S(C)(=O)=O)cc2)=NC1NCc1cccs1. The van der Waals surface area contributed by atoms with Crippen molar-refractivity contribution in [2.45, 2.75) is 43.9 Å². The van der Waals surface area contributed by atoms with Gasteiger partial charge in [-0.05, 0) is 30.0 Å². The summed E-state index contributed by atoms with van der Waals surface area (Å²) < 4.78 is 23.4. The van der Waals surface area contributed by atoms with E-state index in [1.807, 2.05) is 18.4 Å². The molecule has 0 aliphatic carbocycles. The van der Waals surface area contributed by atoms with Gasteiger partial charge in [0.15, 0.2) is 15.6 Å². The lowest BCUT2D eigenvalue weighted by Gasteiger charge is -2.27. The lowest BCUT2D eigenvalue weighted by Crippen LogP contribution is -2.43. The molecule has 0 bridgehead atoms. The van der Waals surface area contributed by atoms with Gasteiger partial charge in [0.25, 0.3) is 0 Å². The van der Waals surface area contributed by atoms with Crippen molar-refractivity contribution < 1.29 is 13.2 Å². The molecule has 1 N–H and O–H groups in total. The van der Waals surface area contributed by atoms with E-state index >= 15 is 0 Å². The van der Waals surface area contributed by atoms with E-state index < -0.39 is 9.84 Å². The fourth-order valence-electron chi connectivity index (χ4n) is 3.03. The number of Topliss-reactive ketones (excluding diaryl/α,β-unsaturated/α-hetero) is 1. The van der Waals surface area contributed by atoms with Crippen LogP contribution in [0.25, 0.3) is 0 Å². The van der Waals surface area contributed by atoms with E-state index in [-0.39, 0.29) is 22.9 Å². The van der Waals surface area contributed by atoms with E-state index in [1.54, 1.807) is 23.5 Å². The van der Waals surface area contributed by atoms with Crippen LogP contribution in [0.2, 0.25) is 0 Å². The average molecular weight is 418 g/mol. The van der Waals surface area contributed by atoms with Gasteiger partial charge >= 0.3 is 0 Å². The van der Waals surface area contributed by atoms with Crippen LogP contribution in [-0.2, 0) is 21.2 Å². The first-order valence-electron chi connectivity index (χ1n) is 9.02. The first kappa shape index (κ1) is 20.6. The van der Waals surface area contributed by atoms with Gasteiger partial charge in [0, 0.05) is 30.2 Å². The minimum absolute atomic E-state index is 0.127. The van der Waals surface area contributed by atoms with E-state index in [0.717, 1.165) is 6.42 Å². The molecule has 28 heavy (non-hydrogen) atoms. The quantitative estimate of drug-likeness (QED) is 0.750. The van der Waals surface area contributed by atoms with E-state index in [1.165, 1.54) is 30.2 Å². The molecule has 0 saturated heterocycles. The Hall–Kier alpha value is -2.16. The van der Waals surface area contributed by atoms with Crippen LogP contribution < -0.4 is 5.32 Å². The molecule has 2 atom stereocenters. The lowest BCUT2D eigenvalue weighted by molar-refractivity contribution is -0.110. The average Bonchev–Trinajstić information content (AvgIpc) is 3.18. The molecule has 0 amide bonds. The zero-order chi connectivity index (χ0) is 20.3. The Labute approximate surface area is 169 Å². The molecule has 1 aromatic carbocycles. The summed E-state index contributed by atoms with van der Waals surface area (Å²) in [4.78, 5) is 23.1. The molecule has 1 aromatic heterocycles. The number of sulfone groups is 1. The second-order valence-corrected chi connectivity index (χ2v) is 9.74. The van der Waals surface area contributed by atoms with E-state index in [0.29, 0.717) is 23.5 Å². The summed E-state index contributed by atoms with van der Waals surface area (Å²) in [6, 6.07) is 10.4. The van der Waals surface area contributed by atoms with E-state index in [9.17, 15) is 13.2 Å². The first-order chi connectivity index (χ1) is 13.3. The molecule has 0 spiro atoms. The zero-order valence-corrected chi connectivity index (χ0v) is 17.7. The molecular formula is C20H23N3O3S2. The second-order valence-electron chi connectivity index (χ2n) is 6.69. The van der Waals surface area contributed by atoms with Crippen molar-refractivity contribution in [3.63, 3.8) is 0 Å². The van der Waals surface area contributed by atoms with Crippen LogP contribution in [0.1, 0.15) is 30.7 Å². The van der Waals surface area contributed by atoms with Crippen LogP contribution in [0.3, 0.4) is 0 Å². The molecule has 1 aliphatic rings. The maximum atomic E-state index is 12.2. The van der Waals surface area contributed by atoms with Gasteiger partial charge < -0.3 is 0 Å². The normalized spacial score (nSPS) is 19.8. The number of ketones is 1. The minimum atomic E-state index is -3.29. The first-order valence-corrected chi connectivity index (χ1v) is 11.8. The Kier molecular flexibility index (Phi) is 6.22. The number of benzene rings is 1. The monoisotopic (exact) mass is 417 g/mol. The summed E-state index contributed by atoms with van der Waals surface area (Å²) in [5, 5.41) is 5.46. The third-order valence-electron chi connectivity index (χ3n) is 4.53. The number of carbonyl (C=O) groups is 1. The number of rotatable bonds is 7. The summed E-state index contributed by atoms with van der Waals surface area (Å²) in [6.45, 7) is 4.17. The van der Waals surface area contributed by atoms with Gasteiger partial charge in [0.1, 0.15) is 11.9 Å². The number of hydrogen-bond acceptors (Lipinski definition) is 7. The second kappa shape index (κ2) is 8.46. The van der Waals surface area contributed by atoms with Gasteiger partial charge in [-0.3, -0.25) is 20.1 Å². The third-order valence-corrected chi connectivity index (χ3v) is 6.53. The van der Waals surface area contributed by atoms with Gasteiger partial charge in [-0.1, -0.05) is 25.1 Å². The van der Waals surface area contributed by atoms with Crippen molar-refractivity contribution in [3.05, 3.63) is 52.2 Å². The predicted molar refractivity (Wildman–Crippen MR) is 113 cm³/mol. The Morgan fingerprint density at radius 1 is 1.18 bits per heavy atom. The van der Waals surface area contributed by atoms with Crippen molar-refractivity contribution in [2.75, 3.05) is 6.26 Å². The highest BCUT2D eigenvalue weighted by Gasteiger charge is 2.29. The topological polar surface area (TPSA) is 88.0 Å². The summed E-state index contributed by atoms with van der Waals surface area (Å²) >= 11 is 1.67. The molecule has 2 heterocycles. The van der Waals surface area contributed by atoms with E-state index in [4.69, 9.17) is 4.99 Å². The van der Waals surface area contributed by atoms with Crippen LogP contribution >= 0.6 is 11.3 Å². The lowest BCUT2D eigenvalue weighted by atomic mass is 9.99. The minimum Gasteiger partial charge on any atom is -0.293 e. The Morgan fingerprint density at radius 2 is 1.89 bits per heavy atom. The van der Waals surface area contributed by atoms with Gasteiger partial charge in [-0.15, -0.1) is 11.3 Å². The third kappa shape index (κ3) is 4.63. The molecule has 0 saturated carbocycles. The maximum Gasteiger partial charge on any atom is 0.179 e. The number of hydrogen-bond donors (Lipinski definition) is 1. The fourth-order valence-corrected chi connectivity index (χ4v) is 4.31. The van der Waals surface area contributed by atoms with Crippen LogP contribution in [0.15, 0.2) is 56.7 Å². The number of nitrogens with one attached hydrogen (secondary N) is 1. The Balaban J connectivity index is 1.94. The zero-order valence-electron chi connectivity index (χ0n) is 16.0. The summed E-state index contributed by atoms with van der Waals surface area (Å²) in [7, 11) is -3.29.